The maximum atomic E-state index is 6.14. The van der Waals surface area contributed by atoms with Gasteiger partial charge in [0, 0.05) is 45.3 Å². The Morgan fingerprint density at radius 3 is 2.73 bits per heavy atom. The predicted molar refractivity (Wildman–Crippen MR) is 120 cm³/mol. The molecule has 0 aromatic heterocycles. The van der Waals surface area contributed by atoms with Gasteiger partial charge in [-0.3, -0.25) is 4.99 Å². The number of hydrogen-bond donors (Lipinski definition) is 2. The number of hydrogen-bond acceptors (Lipinski definition) is 4. The lowest BCUT2D eigenvalue weighted by Gasteiger charge is -2.17. The van der Waals surface area contributed by atoms with Crippen LogP contribution in [-0.4, -0.2) is 39.9 Å². The zero-order valence-corrected chi connectivity index (χ0v) is 18.2. The highest BCUT2D eigenvalue weighted by Crippen LogP contribution is 2.22. The summed E-state index contributed by atoms with van der Waals surface area (Å²) in [6, 6.07) is 14.7. The first-order valence-corrected chi connectivity index (χ1v) is 10.5. The Bertz CT molecular complexity index is 832. The standard InChI is InChI=1S/C24H33N3O3/c1-18-7-8-22(23(11-18)30-17-21-9-10-29-16-21)14-27-24(25-2)26-13-19-5-4-6-20(12-19)15-28-3/h4-8,11-12,21H,9-10,13-17H2,1-3H3,(H2,25,26,27). The molecule has 1 fully saturated rings. The van der Waals surface area contributed by atoms with E-state index < -0.39 is 0 Å². The van der Waals surface area contributed by atoms with E-state index in [0.29, 0.717) is 32.2 Å². The molecular formula is C24H33N3O3. The van der Waals surface area contributed by atoms with Crippen molar-refractivity contribution in [1.29, 1.82) is 0 Å². The van der Waals surface area contributed by atoms with Crippen LogP contribution in [0.25, 0.3) is 0 Å². The first-order valence-electron chi connectivity index (χ1n) is 10.5. The van der Waals surface area contributed by atoms with Crippen LogP contribution in [0.1, 0.15) is 28.7 Å². The van der Waals surface area contributed by atoms with Crippen LogP contribution in [0.5, 0.6) is 5.75 Å². The Kier molecular flexibility index (Phi) is 8.53. The van der Waals surface area contributed by atoms with Crippen LogP contribution in [0, 0.1) is 12.8 Å². The molecule has 6 nitrogen and oxygen atoms in total. The molecule has 0 radical (unpaired) electrons. The van der Waals surface area contributed by atoms with Gasteiger partial charge in [0.1, 0.15) is 5.75 Å². The van der Waals surface area contributed by atoms with Crippen LogP contribution in [0.15, 0.2) is 47.5 Å². The normalized spacial score (nSPS) is 16.5. The van der Waals surface area contributed by atoms with Crippen molar-refractivity contribution in [2.45, 2.75) is 33.0 Å². The maximum Gasteiger partial charge on any atom is 0.191 e. The predicted octanol–water partition coefficient (Wildman–Crippen LogP) is 3.42. The van der Waals surface area contributed by atoms with Gasteiger partial charge < -0.3 is 24.8 Å². The number of nitrogens with zero attached hydrogens (tertiary/aromatic N) is 1. The summed E-state index contributed by atoms with van der Waals surface area (Å²) in [6.45, 7) is 6.36. The van der Waals surface area contributed by atoms with Gasteiger partial charge >= 0.3 is 0 Å². The third-order valence-electron chi connectivity index (χ3n) is 5.15. The Morgan fingerprint density at radius 1 is 1.13 bits per heavy atom. The number of methoxy groups -OCH3 is 1. The summed E-state index contributed by atoms with van der Waals surface area (Å²) in [5.41, 5.74) is 4.65. The number of nitrogens with one attached hydrogen (secondary N) is 2. The van der Waals surface area contributed by atoms with E-state index in [2.05, 4.69) is 58.9 Å². The molecule has 162 valence electrons. The Balaban J connectivity index is 1.54. The van der Waals surface area contributed by atoms with Crippen molar-refractivity contribution in [3.63, 3.8) is 0 Å². The summed E-state index contributed by atoms with van der Waals surface area (Å²) < 4.78 is 16.8. The zero-order valence-electron chi connectivity index (χ0n) is 18.2. The van der Waals surface area contributed by atoms with Crippen LogP contribution in [0.3, 0.4) is 0 Å². The molecule has 1 atom stereocenters. The van der Waals surface area contributed by atoms with Gasteiger partial charge in [0.25, 0.3) is 0 Å². The van der Waals surface area contributed by atoms with E-state index in [1.165, 1.54) is 11.1 Å². The summed E-state index contributed by atoms with van der Waals surface area (Å²) in [4.78, 5) is 4.35. The van der Waals surface area contributed by atoms with Crippen LogP contribution in [0.4, 0.5) is 0 Å². The first kappa shape index (κ1) is 22.1. The Morgan fingerprint density at radius 2 is 1.97 bits per heavy atom. The third-order valence-corrected chi connectivity index (χ3v) is 5.15. The molecule has 6 heteroatoms. The van der Waals surface area contributed by atoms with Gasteiger partial charge in [-0.2, -0.15) is 0 Å². The molecule has 0 aliphatic carbocycles. The minimum Gasteiger partial charge on any atom is -0.493 e. The molecule has 0 amide bonds. The van der Waals surface area contributed by atoms with Crippen molar-refractivity contribution in [3.05, 3.63) is 64.7 Å². The average Bonchev–Trinajstić information content (AvgIpc) is 3.27. The molecule has 30 heavy (non-hydrogen) atoms. The highest BCUT2D eigenvalue weighted by molar-refractivity contribution is 5.79. The van der Waals surface area contributed by atoms with Gasteiger partial charge in [0.2, 0.25) is 0 Å². The van der Waals surface area contributed by atoms with Crippen LogP contribution >= 0.6 is 0 Å². The third kappa shape index (κ3) is 6.75. The van der Waals surface area contributed by atoms with E-state index >= 15 is 0 Å². The lowest BCUT2D eigenvalue weighted by molar-refractivity contribution is 0.166. The minimum atomic E-state index is 0.481. The van der Waals surface area contributed by atoms with Crippen molar-refractivity contribution in [2.75, 3.05) is 34.0 Å². The van der Waals surface area contributed by atoms with Gasteiger partial charge in [-0.05, 0) is 36.1 Å². The zero-order chi connectivity index (χ0) is 21.2. The minimum absolute atomic E-state index is 0.481. The number of aryl methyl sites for hydroxylation is 1. The second kappa shape index (κ2) is 11.6. The van der Waals surface area contributed by atoms with E-state index in [0.717, 1.165) is 42.5 Å². The van der Waals surface area contributed by atoms with Crippen LogP contribution in [0.2, 0.25) is 0 Å². The van der Waals surface area contributed by atoms with E-state index in [9.17, 15) is 0 Å². The smallest absolute Gasteiger partial charge is 0.191 e. The fraction of sp³-hybridized carbons (Fsp3) is 0.458. The molecule has 0 saturated carbocycles. The molecule has 1 heterocycles. The molecule has 2 N–H and O–H groups in total. The second-order valence-electron chi connectivity index (χ2n) is 7.68. The summed E-state index contributed by atoms with van der Waals surface area (Å²) in [7, 11) is 3.49. The van der Waals surface area contributed by atoms with Crippen molar-refractivity contribution in [1.82, 2.24) is 10.6 Å². The Labute approximate surface area is 179 Å². The van der Waals surface area contributed by atoms with E-state index in [4.69, 9.17) is 14.2 Å². The topological polar surface area (TPSA) is 64.1 Å². The molecule has 2 aromatic rings. The summed E-state index contributed by atoms with van der Waals surface area (Å²) in [5.74, 6) is 2.16. The molecule has 1 unspecified atom stereocenters. The van der Waals surface area contributed by atoms with E-state index in [1.807, 2.05) is 6.07 Å². The Hall–Kier alpha value is -2.57. The SMILES string of the molecule is CN=C(NCc1cccc(COC)c1)NCc1ccc(C)cc1OCC1CCOC1. The van der Waals surface area contributed by atoms with E-state index in [-0.39, 0.29) is 0 Å². The summed E-state index contributed by atoms with van der Waals surface area (Å²) >= 11 is 0. The quantitative estimate of drug-likeness (QED) is 0.489. The largest absolute Gasteiger partial charge is 0.493 e. The van der Waals surface area contributed by atoms with Gasteiger partial charge in [-0.15, -0.1) is 0 Å². The highest BCUT2D eigenvalue weighted by atomic mass is 16.5. The van der Waals surface area contributed by atoms with Gasteiger partial charge in [0.05, 0.1) is 19.8 Å². The molecule has 0 spiro atoms. The number of guanidine groups is 1. The molecule has 1 saturated heterocycles. The lowest BCUT2D eigenvalue weighted by atomic mass is 10.1. The lowest BCUT2D eigenvalue weighted by Crippen LogP contribution is -2.36. The number of rotatable bonds is 9. The molecule has 1 aliphatic heterocycles. The molecular weight excluding hydrogens is 378 g/mol. The monoisotopic (exact) mass is 411 g/mol. The van der Waals surface area contributed by atoms with Crippen molar-refractivity contribution in [3.8, 4) is 5.75 Å². The maximum absolute atomic E-state index is 6.14. The van der Waals surface area contributed by atoms with Crippen molar-refractivity contribution >= 4 is 5.96 Å². The fourth-order valence-corrected chi connectivity index (χ4v) is 3.45. The molecule has 1 aliphatic rings. The fourth-order valence-electron chi connectivity index (χ4n) is 3.45. The summed E-state index contributed by atoms with van der Waals surface area (Å²) in [6.07, 6.45) is 1.07. The van der Waals surface area contributed by atoms with Gasteiger partial charge in [0.15, 0.2) is 5.96 Å². The molecule has 2 aromatic carbocycles. The number of ether oxygens (including phenoxy) is 3. The summed E-state index contributed by atoms with van der Waals surface area (Å²) in [5, 5.41) is 6.77. The number of aliphatic imine (C=N–C) groups is 1. The number of benzene rings is 2. The van der Waals surface area contributed by atoms with Crippen molar-refractivity contribution < 1.29 is 14.2 Å². The second-order valence-corrected chi connectivity index (χ2v) is 7.68. The molecule has 3 rings (SSSR count). The van der Waals surface area contributed by atoms with Crippen molar-refractivity contribution in [2.24, 2.45) is 10.9 Å². The van der Waals surface area contributed by atoms with Gasteiger partial charge in [-0.1, -0.05) is 36.4 Å². The van der Waals surface area contributed by atoms with Crippen LogP contribution in [-0.2, 0) is 29.2 Å². The average molecular weight is 412 g/mol. The van der Waals surface area contributed by atoms with E-state index in [1.54, 1.807) is 14.2 Å². The molecule has 0 bridgehead atoms. The van der Waals surface area contributed by atoms with Crippen LogP contribution < -0.4 is 15.4 Å². The first-order chi connectivity index (χ1) is 14.7. The highest BCUT2D eigenvalue weighted by Gasteiger charge is 2.17. The van der Waals surface area contributed by atoms with Gasteiger partial charge in [-0.25, -0.2) is 0 Å².